The summed E-state index contributed by atoms with van der Waals surface area (Å²) < 4.78 is 1.98. The highest BCUT2D eigenvalue weighted by Gasteiger charge is 2.13. The number of nitrogens with zero attached hydrogens (tertiary/aromatic N) is 3. The summed E-state index contributed by atoms with van der Waals surface area (Å²) in [6, 6.07) is 11.9. The number of hydrogen-bond donors (Lipinski definition) is 2. The van der Waals surface area contributed by atoms with Gasteiger partial charge in [0.2, 0.25) is 5.91 Å². The van der Waals surface area contributed by atoms with Crippen LogP contribution in [0.15, 0.2) is 48.9 Å². The monoisotopic (exact) mass is 345 g/mol. The molecule has 0 aliphatic carbocycles. The number of para-hydroxylation sites is 2. The topological polar surface area (TPSA) is 71.3 Å². The van der Waals surface area contributed by atoms with Crippen LogP contribution < -0.4 is 10.6 Å². The van der Waals surface area contributed by atoms with Crippen molar-refractivity contribution >= 4 is 39.6 Å². The molecule has 2 N–H and O–H groups in total. The first kappa shape index (κ1) is 16.1. The molecule has 0 saturated carbocycles. The van der Waals surface area contributed by atoms with Crippen molar-refractivity contribution in [2.75, 3.05) is 10.6 Å². The Morgan fingerprint density at radius 3 is 2.50 bits per heavy atom. The van der Waals surface area contributed by atoms with Gasteiger partial charge in [-0.15, -0.1) is 0 Å². The summed E-state index contributed by atoms with van der Waals surface area (Å²) in [5.74, 6) is 0.569. The second-order valence-corrected chi connectivity index (χ2v) is 6.36. The molecular formula is C20H19N5O. The lowest BCUT2D eigenvalue weighted by molar-refractivity contribution is -0.114. The van der Waals surface area contributed by atoms with E-state index < -0.39 is 0 Å². The average Bonchev–Trinajstić information content (AvgIpc) is 3.08. The number of carbonyl (C=O) groups is 1. The summed E-state index contributed by atoms with van der Waals surface area (Å²) in [5, 5.41) is 6.31. The van der Waals surface area contributed by atoms with Gasteiger partial charge in [-0.2, -0.15) is 0 Å². The minimum atomic E-state index is -0.130. The van der Waals surface area contributed by atoms with E-state index >= 15 is 0 Å². The van der Waals surface area contributed by atoms with E-state index in [2.05, 4.69) is 41.6 Å². The molecule has 0 atom stereocenters. The third-order valence-corrected chi connectivity index (χ3v) is 4.41. The number of aromatic nitrogens is 3. The van der Waals surface area contributed by atoms with Gasteiger partial charge in [0.05, 0.1) is 23.7 Å². The summed E-state index contributed by atoms with van der Waals surface area (Å²) in [7, 11) is 0. The van der Waals surface area contributed by atoms with Crippen LogP contribution in [0.5, 0.6) is 0 Å². The first-order valence-corrected chi connectivity index (χ1v) is 8.40. The van der Waals surface area contributed by atoms with Crippen LogP contribution in [-0.2, 0) is 4.79 Å². The minimum absolute atomic E-state index is 0.130. The molecule has 4 aromatic rings. The molecule has 0 fully saturated rings. The predicted molar refractivity (Wildman–Crippen MR) is 104 cm³/mol. The fourth-order valence-electron chi connectivity index (χ4n) is 3.19. The number of fused-ring (bicyclic) bond motifs is 3. The summed E-state index contributed by atoms with van der Waals surface area (Å²) in [6.07, 6.45) is 3.54. The first-order valence-electron chi connectivity index (χ1n) is 8.40. The number of aryl methyl sites for hydroxylation is 2. The summed E-state index contributed by atoms with van der Waals surface area (Å²) >= 11 is 0. The van der Waals surface area contributed by atoms with Gasteiger partial charge in [-0.3, -0.25) is 9.20 Å². The Balaban J connectivity index is 1.96. The molecule has 0 aliphatic heterocycles. The van der Waals surface area contributed by atoms with Crippen molar-refractivity contribution in [2.45, 2.75) is 20.8 Å². The van der Waals surface area contributed by atoms with Gasteiger partial charge in [-0.25, -0.2) is 9.97 Å². The van der Waals surface area contributed by atoms with Crippen LogP contribution in [-0.4, -0.2) is 20.3 Å². The lowest BCUT2D eigenvalue weighted by Gasteiger charge is -2.15. The average molecular weight is 345 g/mol. The maximum atomic E-state index is 11.6. The van der Waals surface area contributed by atoms with E-state index in [1.807, 2.05) is 28.7 Å². The molecule has 6 nitrogen and oxygen atoms in total. The Labute approximate surface area is 150 Å². The van der Waals surface area contributed by atoms with Crippen molar-refractivity contribution in [3.8, 4) is 0 Å². The van der Waals surface area contributed by atoms with Gasteiger partial charge in [0.1, 0.15) is 11.0 Å². The Bertz CT molecular complexity index is 1130. The quantitative estimate of drug-likeness (QED) is 0.584. The zero-order valence-electron chi connectivity index (χ0n) is 14.9. The normalized spacial score (nSPS) is 11.0. The maximum Gasteiger partial charge on any atom is 0.221 e. The van der Waals surface area contributed by atoms with E-state index in [9.17, 15) is 4.79 Å². The first-order chi connectivity index (χ1) is 12.5. The van der Waals surface area contributed by atoms with Gasteiger partial charge in [-0.05, 0) is 37.1 Å². The van der Waals surface area contributed by atoms with Crippen molar-refractivity contribution in [2.24, 2.45) is 0 Å². The molecule has 4 rings (SSSR count). The Morgan fingerprint density at radius 1 is 1.04 bits per heavy atom. The van der Waals surface area contributed by atoms with Crippen LogP contribution in [0.3, 0.4) is 0 Å². The SMILES string of the molecule is CC(=O)Nc1cccc2c1nc(Nc1c(C)cccc1C)c1cncn12. The van der Waals surface area contributed by atoms with Crippen LogP contribution in [0, 0.1) is 13.8 Å². The molecule has 0 radical (unpaired) electrons. The van der Waals surface area contributed by atoms with E-state index in [0.717, 1.165) is 27.8 Å². The zero-order valence-corrected chi connectivity index (χ0v) is 14.9. The van der Waals surface area contributed by atoms with E-state index in [1.165, 1.54) is 6.92 Å². The van der Waals surface area contributed by atoms with Gasteiger partial charge in [0, 0.05) is 12.6 Å². The van der Waals surface area contributed by atoms with Crippen LogP contribution >= 0.6 is 0 Å². The smallest absolute Gasteiger partial charge is 0.221 e. The van der Waals surface area contributed by atoms with Gasteiger partial charge in [-0.1, -0.05) is 24.3 Å². The third-order valence-electron chi connectivity index (χ3n) is 4.41. The molecule has 2 heterocycles. The Morgan fingerprint density at radius 2 is 1.77 bits per heavy atom. The molecule has 0 bridgehead atoms. The molecule has 0 saturated heterocycles. The van der Waals surface area contributed by atoms with Gasteiger partial charge >= 0.3 is 0 Å². The minimum Gasteiger partial charge on any atom is -0.338 e. The second-order valence-electron chi connectivity index (χ2n) is 6.36. The highest BCUT2D eigenvalue weighted by molar-refractivity contribution is 6.00. The molecule has 2 aromatic carbocycles. The van der Waals surface area contributed by atoms with Crippen LogP contribution in [0.2, 0.25) is 0 Å². The lowest BCUT2D eigenvalue weighted by Crippen LogP contribution is -2.08. The predicted octanol–water partition coefficient (Wildman–Crippen LogP) is 4.20. The largest absolute Gasteiger partial charge is 0.338 e. The number of rotatable bonds is 3. The van der Waals surface area contributed by atoms with E-state index in [0.29, 0.717) is 17.0 Å². The standard InChI is InChI=1S/C20H19N5O/c1-12-6-4-7-13(2)18(12)23-20-17-10-21-11-25(17)16-9-5-8-15(19(16)24-20)22-14(3)26/h4-11H,1-3H3,(H,22,26)(H,23,24). The summed E-state index contributed by atoms with van der Waals surface area (Å²) in [4.78, 5) is 20.7. The lowest BCUT2D eigenvalue weighted by atomic mass is 10.1. The fraction of sp³-hybridized carbons (Fsp3) is 0.150. The van der Waals surface area contributed by atoms with Crippen molar-refractivity contribution in [3.63, 3.8) is 0 Å². The van der Waals surface area contributed by atoms with Crippen molar-refractivity contribution in [3.05, 3.63) is 60.0 Å². The van der Waals surface area contributed by atoms with Crippen molar-refractivity contribution in [1.29, 1.82) is 0 Å². The molecular weight excluding hydrogens is 326 g/mol. The number of amides is 1. The molecule has 0 spiro atoms. The molecule has 0 unspecified atom stereocenters. The highest BCUT2D eigenvalue weighted by Crippen LogP contribution is 2.30. The number of anilines is 3. The summed E-state index contributed by atoms with van der Waals surface area (Å²) in [6.45, 7) is 5.61. The van der Waals surface area contributed by atoms with Crippen molar-refractivity contribution < 1.29 is 4.79 Å². The fourth-order valence-corrected chi connectivity index (χ4v) is 3.19. The number of hydrogen-bond acceptors (Lipinski definition) is 4. The number of imidazole rings is 1. The number of benzene rings is 2. The molecule has 130 valence electrons. The van der Waals surface area contributed by atoms with E-state index in [1.54, 1.807) is 12.5 Å². The maximum absolute atomic E-state index is 11.6. The van der Waals surface area contributed by atoms with Gasteiger partial charge in [0.25, 0.3) is 0 Å². The van der Waals surface area contributed by atoms with Crippen molar-refractivity contribution in [1.82, 2.24) is 14.4 Å². The Kier molecular flexibility index (Phi) is 3.80. The van der Waals surface area contributed by atoms with Crippen LogP contribution in [0.1, 0.15) is 18.1 Å². The second kappa shape index (κ2) is 6.15. The molecule has 1 amide bonds. The van der Waals surface area contributed by atoms with Crippen LogP contribution in [0.4, 0.5) is 17.2 Å². The third kappa shape index (κ3) is 2.65. The highest BCUT2D eigenvalue weighted by atomic mass is 16.1. The number of nitrogens with one attached hydrogen (secondary N) is 2. The molecule has 6 heteroatoms. The summed E-state index contributed by atoms with van der Waals surface area (Å²) in [5.41, 5.74) is 6.45. The van der Waals surface area contributed by atoms with Gasteiger partial charge in [0.15, 0.2) is 5.82 Å². The number of carbonyl (C=O) groups excluding carboxylic acids is 1. The van der Waals surface area contributed by atoms with E-state index in [4.69, 9.17) is 4.98 Å². The zero-order chi connectivity index (χ0) is 18.3. The molecule has 26 heavy (non-hydrogen) atoms. The van der Waals surface area contributed by atoms with Gasteiger partial charge < -0.3 is 10.6 Å². The van der Waals surface area contributed by atoms with Crippen LogP contribution in [0.25, 0.3) is 16.6 Å². The molecule has 2 aromatic heterocycles. The molecule has 0 aliphatic rings. The Hall–Kier alpha value is -3.41. The van der Waals surface area contributed by atoms with E-state index in [-0.39, 0.29) is 5.91 Å².